The molecule has 0 atom stereocenters. The molecule has 0 spiro atoms. The number of imidazole rings is 1. The largest absolute Gasteiger partial charge is 0.490 e. The Morgan fingerprint density at radius 3 is 2.85 bits per heavy atom. The first-order chi connectivity index (χ1) is 16.2. The number of anilines is 1. The van der Waals surface area contributed by atoms with Crippen molar-refractivity contribution in [2.45, 2.75) is 39.2 Å². The molecule has 0 N–H and O–H groups in total. The Hall–Kier alpha value is -3.68. The van der Waals surface area contributed by atoms with E-state index in [2.05, 4.69) is 30.5 Å². The van der Waals surface area contributed by atoms with Crippen LogP contribution in [-0.2, 0) is 6.54 Å². The number of ether oxygens (including phenoxy) is 1. The summed E-state index contributed by atoms with van der Waals surface area (Å²) in [7, 11) is 0. The molecule has 33 heavy (non-hydrogen) atoms. The van der Waals surface area contributed by atoms with Gasteiger partial charge in [-0.15, -0.1) is 0 Å². The van der Waals surface area contributed by atoms with Crippen molar-refractivity contribution in [2.24, 2.45) is 0 Å². The highest BCUT2D eigenvalue weighted by Gasteiger charge is 2.17. The SMILES string of the molecule is Cc1cc(=O)oc2ccc(OC/C=C/CCn3cnc4c(N5CCCCC5)ncnc43)cc12. The van der Waals surface area contributed by atoms with Crippen LogP contribution in [0.2, 0.25) is 0 Å². The van der Waals surface area contributed by atoms with Crippen molar-refractivity contribution < 1.29 is 9.15 Å². The zero-order valence-corrected chi connectivity index (χ0v) is 18.7. The Balaban J connectivity index is 1.18. The van der Waals surface area contributed by atoms with Crippen LogP contribution in [0.4, 0.5) is 5.82 Å². The Morgan fingerprint density at radius 2 is 1.97 bits per heavy atom. The molecule has 1 aromatic carbocycles. The van der Waals surface area contributed by atoms with E-state index in [1.807, 2.05) is 31.5 Å². The minimum absolute atomic E-state index is 0.337. The van der Waals surface area contributed by atoms with Gasteiger partial charge in [0.2, 0.25) is 0 Å². The number of aryl methyl sites for hydroxylation is 2. The summed E-state index contributed by atoms with van der Waals surface area (Å²) in [4.78, 5) is 27.4. The summed E-state index contributed by atoms with van der Waals surface area (Å²) < 4.78 is 13.1. The van der Waals surface area contributed by atoms with Crippen molar-refractivity contribution in [3.05, 3.63) is 65.1 Å². The Kier molecular flexibility index (Phi) is 6.06. The first-order valence-electron chi connectivity index (χ1n) is 11.4. The predicted octanol–water partition coefficient (Wildman–Crippen LogP) is 4.26. The number of aromatic nitrogens is 4. The van der Waals surface area contributed by atoms with Crippen LogP contribution < -0.4 is 15.3 Å². The molecule has 0 amide bonds. The molecule has 3 aromatic heterocycles. The van der Waals surface area contributed by atoms with Gasteiger partial charge in [-0.3, -0.25) is 0 Å². The van der Waals surface area contributed by atoms with Crippen molar-refractivity contribution in [1.82, 2.24) is 19.5 Å². The molecule has 5 rings (SSSR count). The van der Waals surface area contributed by atoms with E-state index in [4.69, 9.17) is 9.15 Å². The molecule has 0 radical (unpaired) electrons. The summed E-state index contributed by atoms with van der Waals surface area (Å²) in [6, 6.07) is 6.98. The third kappa shape index (κ3) is 4.60. The highest BCUT2D eigenvalue weighted by atomic mass is 16.5. The lowest BCUT2D eigenvalue weighted by molar-refractivity contribution is 0.362. The topological polar surface area (TPSA) is 86.3 Å². The molecule has 0 aliphatic carbocycles. The molecule has 4 aromatic rings. The lowest BCUT2D eigenvalue weighted by Crippen LogP contribution is -2.30. The molecule has 0 bridgehead atoms. The van der Waals surface area contributed by atoms with E-state index in [0.717, 1.165) is 59.7 Å². The number of benzene rings is 1. The number of hydrogen-bond donors (Lipinski definition) is 0. The third-order valence-corrected chi connectivity index (χ3v) is 6.01. The van der Waals surface area contributed by atoms with Crippen molar-refractivity contribution in [3.8, 4) is 5.75 Å². The van der Waals surface area contributed by atoms with Gasteiger partial charge >= 0.3 is 5.63 Å². The second-order valence-electron chi connectivity index (χ2n) is 8.33. The number of piperidine rings is 1. The van der Waals surface area contributed by atoms with Gasteiger partial charge in [-0.25, -0.2) is 19.7 Å². The summed E-state index contributed by atoms with van der Waals surface area (Å²) in [6.07, 6.45) is 12.1. The fraction of sp³-hybridized carbons (Fsp3) is 0.360. The maximum Gasteiger partial charge on any atom is 0.336 e. The summed E-state index contributed by atoms with van der Waals surface area (Å²) in [5, 5.41) is 0.883. The highest BCUT2D eigenvalue weighted by Crippen LogP contribution is 2.25. The molecule has 0 saturated carbocycles. The van der Waals surface area contributed by atoms with Gasteiger partial charge in [0.25, 0.3) is 0 Å². The summed E-state index contributed by atoms with van der Waals surface area (Å²) >= 11 is 0. The average Bonchev–Trinajstić information content (AvgIpc) is 3.25. The monoisotopic (exact) mass is 445 g/mol. The average molecular weight is 446 g/mol. The van der Waals surface area contributed by atoms with Crippen LogP contribution >= 0.6 is 0 Å². The molecule has 170 valence electrons. The second kappa shape index (κ2) is 9.44. The first kappa shape index (κ1) is 21.2. The van der Waals surface area contributed by atoms with Gasteiger partial charge in [0, 0.05) is 31.1 Å². The fourth-order valence-electron chi connectivity index (χ4n) is 4.30. The Bertz CT molecular complexity index is 1350. The van der Waals surface area contributed by atoms with Gasteiger partial charge in [-0.1, -0.05) is 12.2 Å². The maximum absolute atomic E-state index is 11.5. The van der Waals surface area contributed by atoms with E-state index in [9.17, 15) is 4.79 Å². The predicted molar refractivity (Wildman–Crippen MR) is 128 cm³/mol. The summed E-state index contributed by atoms with van der Waals surface area (Å²) in [6.45, 7) is 5.22. The molecular weight excluding hydrogens is 418 g/mol. The van der Waals surface area contributed by atoms with Gasteiger partial charge in [0.05, 0.1) is 6.33 Å². The molecule has 8 nitrogen and oxygen atoms in total. The highest BCUT2D eigenvalue weighted by molar-refractivity contribution is 5.83. The molecule has 1 aliphatic rings. The van der Waals surface area contributed by atoms with E-state index >= 15 is 0 Å². The quantitative estimate of drug-likeness (QED) is 0.310. The van der Waals surface area contributed by atoms with Crippen LogP contribution in [0.15, 0.2) is 58.3 Å². The number of rotatable bonds is 7. The number of fused-ring (bicyclic) bond motifs is 2. The molecule has 0 unspecified atom stereocenters. The van der Waals surface area contributed by atoms with Crippen LogP contribution in [0.25, 0.3) is 22.1 Å². The number of allylic oxidation sites excluding steroid dienone is 1. The molecule has 8 heteroatoms. The molecule has 1 saturated heterocycles. The smallest absolute Gasteiger partial charge is 0.336 e. The van der Waals surface area contributed by atoms with Gasteiger partial charge in [0.1, 0.15) is 24.3 Å². The maximum atomic E-state index is 11.5. The van der Waals surface area contributed by atoms with Gasteiger partial charge in [-0.2, -0.15) is 0 Å². The fourth-order valence-corrected chi connectivity index (χ4v) is 4.30. The van der Waals surface area contributed by atoms with Crippen molar-refractivity contribution in [2.75, 3.05) is 24.6 Å². The standard InChI is InChI=1S/C25H27N5O3/c1-18-14-22(31)33-21-9-8-19(15-20(18)21)32-13-7-3-6-12-30-17-28-23-24(26-16-27-25(23)30)29-10-4-2-5-11-29/h3,7-9,14-17H,2,4-6,10-13H2,1H3/b7-3+. The summed E-state index contributed by atoms with van der Waals surface area (Å²) in [5.41, 5.74) is 2.88. The van der Waals surface area contributed by atoms with Crippen molar-refractivity contribution in [3.63, 3.8) is 0 Å². The lowest BCUT2D eigenvalue weighted by atomic mass is 10.1. The van der Waals surface area contributed by atoms with E-state index in [1.165, 1.54) is 25.3 Å². The van der Waals surface area contributed by atoms with Gasteiger partial charge in [0.15, 0.2) is 17.0 Å². The molecular formula is C25H27N5O3. The van der Waals surface area contributed by atoms with E-state index < -0.39 is 0 Å². The number of hydrogen-bond acceptors (Lipinski definition) is 7. The van der Waals surface area contributed by atoms with Crippen LogP contribution in [0.3, 0.4) is 0 Å². The zero-order chi connectivity index (χ0) is 22.6. The molecule has 1 fully saturated rings. The van der Waals surface area contributed by atoms with Crippen LogP contribution in [0.5, 0.6) is 5.75 Å². The van der Waals surface area contributed by atoms with E-state index in [1.54, 1.807) is 12.4 Å². The second-order valence-corrected chi connectivity index (χ2v) is 8.33. The van der Waals surface area contributed by atoms with E-state index in [0.29, 0.717) is 12.2 Å². The minimum Gasteiger partial charge on any atom is -0.490 e. The van der Waals surface area contributed by atoms with Gasteiger partial charge < -0.3 is 18.6 Å². The first-order valence-corrected chi connectivity index (χ1v) is 11.4. The minimum atomic E-state index is -0.337. The molecule has 1 aliphatic heterocycles. The van der Waals surface area contributed by atoms with Crippen molar-refractivity contribution >= 4 is 28.0 Å². The zero-order valence-electron chi connectivity index (χ0n) is 18.7. The number of nitrogens with zero attached hydrogens (tertiary/aromatic N) is 5. The summed E-state index contributed by atoms with van der Waals surface area (Å²) in [5.74, 6) is 1.69. The third-order valence-electron chi connectivity index (χ3n) is 6.01. The van der Waals surface area contributed by atoms with E-state index in [-0.39, 0.29) is 5.63 Å². The Labute approximate surface area is 191 Å². The van der Waals surface area contributed by atoms with Crippen molar-refractivity contribution in [1.29, 1.82) is 0 Å². The lowest BCUT2D eigenvalue weighted by Gasteiger charge is -2.27. The normalized spacial score (nSPS) is 14.5. The molecule has 4 heterocycles. The van der Waals surface area contributed by atoms with Crippen LogP contribution in [0.1, 0.15) is 31.2 Å². The van der Waals surface area contributed by atoms with Gasteiger partial charge in [-0.05, 0) is 56.4 Å². The Morgan fingerprint density at radius 1 is 1.09 bits per heavy atom. The van der Waals surface area contributed by atoms with Crippen LogP contribution in [0, 0.1) is 6.92 Å². The van der Waals surface area contributed by atoms with Crippen LogP contribution in [-0.4, -0.2) is 39.2 Å².